The Morgan fingerprint density at radius 1 is 1.30 bits per heavy atom. The Labute approximate surface area is 142 Å². The van der Waals surface area contributed by atoms with Crippen molar-refractivity contribution in [2.24, 2.45) is 0 Å². The van der Waals surface area contributed by atoms with Crippen LogP contribution in [0, 0.1) is 0 Å². The minimum Gasteiger partial charge on any atom is -0.395 e. The summed E-state index contributed by atoms with van der Waals surface area (Å²) in [6.07, 6.45) is -3.67. The van der Waals surface area contributed by atoms with Gasteiger partial charge in [0.2, 0.25) is 5.91 Å². The number of thiocarbonyl (C=S) groups is 1. The maximum atomic E-state index is 12.9. The minimum absolute atomic E-state index is 0.0647. The third-order valence-electron chi connectivity index (χ3n) is 3.03. The number of fused-ring (bicyclic) bond motifs is 1. The van der Waals surface area contributed by atoms with E-state index in [-0.39, 0.29) is 23.2 Å². The lowest BCUT2D eigenvalue weighted by molar-refractivity contribution is -0.286. The van der Waals surface area contributed by atoms with Gasteiger partial charge in [0.1, 0.15) is 4.32 Å². The Hall–Kier alpha value is -1.61. The summed E-state index contributed by atoms with van der Waals surface area (Å²) in [7, 11) is 0. The molecule has 0 fully saturated rings. The largest absolute Gasteiger partial charge is 0.586 e. The van der Waals surface area contributed by atoms with Crippen LogP contribution in [0.15, 0.2) is 18.2 Å². The Balaban J connectivity index is 1.88. The molecule has 1 aliphatic rings. The van der Waals surface area contributed by atoms with Crippen LogP contribution in [-0.2, 0) is 4.79 Å². The molecule has 1 aromatic carbocycles. The standard InChI is InChI=1S/C14H16F2N2O3S2/c1-3-18(4-2)13(22)23-8-12(19)17-9-5-6-10-11(7-9)21-14(15,16)20-10/h5-7H,3-4,8H2,1-2H3,(H,17,19). The van der Waals surface area contributed by atoms with Gasteiger partial charge in [-0.15, -0.1) is 8.78 Å². The maximum absolute atomic E-state index is 12.9. The molecule has 1 amide bonds. The van der Waals surface area contributed by atoms with Crippen LogP contribution in [0.1, 0.15) is 13.8 Å². The molecule has 126 valence electrons. The Morgan fingerprint density at radius 3 is 2.61 bits per heavy atom. The molecule has 1 heterocycles. The second-order valence-corrected chi connectivity index (χ2v) is 6.21. The van der Waals surface area contributed by atoms with Crippen LogP contribution in [0.3, 0.4) is 0 Å². The molecule has 0 aromatic heterocycles. The van der Waals surface area contributed by atoms with E-state index < -0.39 is 6.29 Å². The van der Waals surface area contributed by atoms with Gasteiger partial charge in [-0.1, -0.05) is 24.0 Å². The number of amides is 1. The SMILES string of the molecule is CCN(CC)C(=S)SCC(=O)Nc1ccc2c(c1)OC(F)(F)O2. The van der Waals surface area contributed by atoms with Crippen molar-refractivity contribution in [1.29, 1.82) is 0 Å². The number of carbonyl (C=O) groups excluding carboxylic acids is 1. The fourth-order valence-corrected chi connectivity index (χ4v) is 3.13. The van der Waals surface area contributed by atoms with Crippen LogP contribution in [-0.4, -0.2) is 40.3 Å². The van der Waals surface area contributed by atoms with Crippen molar-refractivity contribution in [1.82, 2.24) is 4.90 Å². The van der Waals surface area contributed by atoms with Crippen molar-refractivity contribution in [2.75, 3.05) is 24.2 Å². The molecule has 0 aliphatic carbocycles. The Kier molecular flexibility index (Phi) is 5.64. The van der Waals surface area contributed by atoms with E-state index in [1.54, 1.807) is 0 Å². The zero-order valence-electron chi connectivity index (χ0n) is 12.6. The molecule has 1 N–H and O–H groups in total. The molecule has 1 aliphatic heterocycles. The summed E-state index contributed by atoms with van der Waals surface area (Å²) in [5, 5.41) is 2.61. The van der Waals surface area contributed by atoms with E-state index in [1.807, 2.05) is 18.7 Å². The average molecular weight is 362 g/mol. The number of carbonyl (C=O) groups is 1. The van der Waals surface area contributed by atoms with Crippen molar-refractivity contribution in [3.63, 3.8) is 0 Å². The monoisotopic (exact) mass is 362 g/mol. The van der Waals surface area contributed by atoms with Crippen LogP contribution in [0.5, 0.6) is 11.5 Å². The van der Waals surface area contributed by atoms with E-state index in [4.69, 9.17) is 12.2 Å². The molecule has 9 heteroatoms. The quantitative estimate of drug-likeness (QED) is 0.811. The molecule has 5 nitrogen and oxygen atoms in total. The van der Waals surface area contributed by atoms with Gasteiger partial charge in [-0.3, -0.25) is 4.79 Å². The van der Waals surface area contributed by atoms with Gasteiger partial charge in [0.25, 0.3) is 0 Å². The first-order chi connectivity index (χ1) is 10.8. The van der Waals surface area contributed by atoms with Crippen molar-refractivity contribution in [2.45, 2.75) is 20.1 Å². The first-order valence-electron chi connectivity index (χ1n) is 6.96. The number of benzene rings is 1. The molecule has 23 heavy (non-hydrogen) atoms. The number of alkyl halides is 2. The highest BCUT2D eigenvalue weighted by Gasteiger charge is 2.43. The third kappa shape index (κ3) is 4.68. The first-order valence-corrected chi connectivity index (χ1v) is 8.35. The molecular weight excluding hydrogens is 346 g/mol. The third-order valence-corrected chi connectivity index (χ3v) is 4.56. The number of hydrogen-bond acceptors (Lipinski definition) is 5. The summed E-state index contributed by atoms with van der Waals surface area (Å²) < 4.78 is 35.1. The molecule has 0 radical (unpaired) electrons. The van der Waals surface area contributed by atoms with Gasteiger partial charge in [0.05, 0.1) is 5.75 Å². The number of halogens is 2. The second-order valence-electron chi connectivity index (χ2n) is 4.60. The van der Waals surface area contributed by atoms with E-state index in [0.29, 0.717) is 10.0 Å². The lowest BCUT2D eigenvalue weighted by Crippen LogP contribution is -2.28. The van der Waals surface area contributed by atoms with Gasteiger partial charge in [0, 0.05) is 24.8 Å². The lowest BCUT2D eigenvalue weighted by atomic mass is 10.3. The number of thioether (sulfide) groups is 1. The summed E-state index contributed by atoms with van der Waals surface area (Å²) in [6, 6.07) is 4.08. The Bertz CT molecular complexity index is 610. The molecule has 0 spiro atoms. The van der Waals surface area contributed by atoms with Crippen LogP contribution in [0.2, 0.25) is 0 Å². The maximum Gasteiger partial charge on any atom is 0.586 e. The van der Waals surface area contributed by atoms with Gasteiger partial charge in [-0.05, 0) is 26.0 Å². The molecule has 0 atom stereocenters. The summed E-state index contributed by atoms with van der Waals surface area (Å²) in [5.41, 5.74) is 0.351. The van der Waals surface area contributed by atoms with E-state index in [2.05, 4.69) is 14.8 Å². The summed E-state index contributed by atoms with van der Waals surface area (Å²) >= 11 is 6.49. The molecule has 0 saturated carbocycles. The number of hydrogen-bond donors (Lipinski definition) is 1. The number of nitrogens with one attached hydrogen (secondary N) is 1. The molecule has 2 rings (SSSR count). The highest BCUT2D eigenvalue weighted by atomic mass is 32.2. The topological polar surface area (TPSA) is 50.8 Å². The first kappa shape index (κ1) is 17.7. The van der Waals surface area contributed by atoms with Gasteiger partial charge in [-0.25, -0.2) is 0 Å². The predicted molar refractivity (Wildman–Crippen MR) is 89.3 cm³/mol. The number of nitrogens with zero attached hydrogens (tertiary/aromatic N) is 1. The van der Waals surface area contributed by atoms with E-state index in [0.717, 1.165) is 13.1 Å². The number of anilines is 1. The van der Waals surface area contributed by atoms with Crippen molar-refractivity contribution in [3.05, 3.63) is 18.2 Å². The minimum atomic E-state index is -3.67. The van der Waals surface area contributed by atoms with E-state index in [9.17, 15) is 13.6 Å². The van der Waals surface area contributed by atoms with Gasteiger partial charge in [-0.2, -0.15) is 0 Å². The highest BCUT2D eigenvalue weighted by molar-refractivity contribution is 8.23. The summed E-state index contributed by atoms with van der Waals surface area (Å²) in [4.78, 5) is 13.9. The molecule has 0 bridgehead atoms. The van der Waals surface area contributed by atoms with Crippen LogP contribution in [0.4, 0.5) is 14.5 Å². The smallest absolute Gasteiger partial charge is 0.395 e. The lowest BCUT2D eigenvalue weighted by Gasteiger charge is -2.20. The van der Waals surface area contributed by atoms with Gasteiger partial charge in [0.15, 0.2) is 11.5 Å². The molecule has 0 unspecified atom stereocenters. The van der Waals surface area contributed by atoms with Gasteiger partial charge < -0.3 is 19.7 Å². The second kappa shape index (κ2) is 7.31. The highest BCUT2D eigenvalue weighted by Crippen LogP contribution is 2.42. The number of rotatable bonds is 5. The molecule has 1 aromatic rings. The van der Waals surface area contributed by atoms with Crippen LogP contribution >= 0.6 is 24.0 Å². The normalized spacial score (nSPS) is 14.4. The van der Waals surface area contributed by atoms with Crippen molar-refractivity contribution in [3.8, 4) is 11.5 Å². The van der Waals surface area contributed by atoms with E-state index in [1.165, 1.54) is 30.0 Å². The Morgan fingerprint density at radius 2 is 1.96 bits per heavy atom. The average Bonchev–Trinajstić information content (AvgIpc) is 2.79. The van der Waals surface area contributed by atoms with Crippen LogP contribution in [0.25, 0.3) is 0 Å². The molecular formula is C14H16F2N2O3S2. The van der Waals surface area contributed by atoms with Crippen molar-refractivity contribution >= 4 is 39.9 Å². The summed E-state index contributed by atoms with van der Waals surface area (Å²) in [5.74, 6) is -0.320. The fourth-order valence-electron chi connectivity index (χ4n) is 1.92. The predicted octanol–water partition coefficient (Wildman–Crippen LogP) is 3.31. The van der Waals surface area contributed by atoms with Crippen LogP contribution < -0.4 is 14.8 Å². The molecule has 0 saturated heterocycles. The van der Waals surface area contributed by atoms with Gasteiger partial charge >= 0.3 is 6.29 Å². The summed E-state index contributed by atoms with van der Waals surface area (Å²) in [6.45, 7) is 5.53. The zero-order chi connectivity index (χ0) is 17.0. The number of ether oxygens (including phenoxy) is 2. The van der Waals surface area contributed by atoms with E-state index >= 15 is 0 Å². The van der Waals surface area contributed by atoms with Crippen molar-refractivity contribution < 1.29 is 23.0 Å². The fraction of sp³-hybridized carbons (Fsp3) is 0.429. The zero-order valence-corrected chi connectivity index (χ0v) is 14.2.